The van der Waals surface area contributed by atoms with Crippen molar-refractivity contribution < 1.29 is 19.2 Å². The summed E-state index contributed by atoms with van der Waals surface area (Å²) in [6.07, 6.45) is 2.94. The monoisotopic (exact) mass is 348 g/mol. The molecule has 0 radical (unpaired) electrons. The summed E-state index contributed by atoms with van der Waals surface area (Å²) in [5.74, 6) is -2.18. The number of aromatic amines is 1. The van der Waals surface area contributed by atoms with Crippen molar-refractivity contribution in [2.24, 2.45) is 5.92 Å². The van der Waals surface area contributed by atoms with Crippen LogP contribution >= 0.6 is 0 Å². The minimum absolute atomic E-state index is 0.151. The second-order valence-electron chi connectivity index (χ2n) is 6.45. The van der Waals surface area contributed by atoms with Crippen LogP contribution in [0.2, 0.25) is 0 Å². The molecule has 2 unspecified atom stereocenters. The topological polar surface area (TPSA) is 120 Å². The molecule has 2 atom stereocenters. The zero-order valence-corrected chi connectivity index (χ0v) is 14.4. The van der Waals surface area contributed by atoms with E-state index >= 15 is 0 Å². The van der Waals surface area contributed by atoms with Crippen molar-refractivity contribution >= 4 is 23.5 Å². The predicted octanol–water partition coefficient (Wildman–Crippen LogP) is -0.338. The first-order valence-electron chi connectivity index (χ1n) is 8.42. The number of Topliss-reactive ketones (excluding diaryl/α,β-unsaturated/α-hetero) is 1. The van der Waals surface area contributed by atoms with Gasteiger partial charge in [0.15, 0.2) is 0 Å². The van der Waals surface area contributed by atoms with Crippen molar-refractivity contribution in [1.29, 1.82) is 0 Å². The van der Waals surface area contributed by atoms with E-state index < -0.39 is 29.7 Å². The summed E-state index contributed by atoms with van der Waals surface area (Å²) in [6, 6.07) is 2.15. The molecular weight excluding hydrogens is 324 g/mol. The molecule has 1 aliphatic heterocycles. The van der Waals surface area contributed by atoms with Crippen molar-refractivity contribution in [1.82, 2.24) is 20.9 Å². The van der Waals surface area contributed by atoms with Crippen LogP contribution in [-0.4, -0.2) is 47.1 Å². The average Bonchev–Trinajstić information content (AvgIpc) is 3.08. The van der Waals surface area contributed by atoms with Crippen molar-refractivity contribution in [3.63, 3.8) is 0 Å². The molecule has 0 saturated carbocycles. The number of rotatable bonds is 7. The normalized spacial score (nSPS) is 18.6. The molecule has 3 amide bonds. The minimum atomic E-state index is -0.835. The summed E-state index contributed by atoms with van der Waals surface area (Å²) < 4.78 is 0. The van der Waals surface area contributed by atoms with Gasteiger partial charge in [-0.05, 0) is 30.9 Å². The molecule has 4 N–H and O–H groups in total. The molecule has 136 valence electrons. The number of aromatic nitrogens is 1. The fourth-order valence-electron chi connectivity index (χ4n) is 2.66. The van der Waals surface area contributed by atoms with Crippen molar-refractivity contribution in [3.05, 3.63) is 24.0 Å². The van der Waals surface area contributed by atoms with Crippen LogP contribution in [0.25, 0.3) is 0 Å². The van der Waals surface area contributed by atoms with Crippen LogP contribution in [0.3, 0.4) is 0 Å². The van der Waals surface area contributed by atoms with E-state index in [0.29, 0.717) is 19.4 Å². The third kappa shape index (κ3) is 5.17. The van der Waals surface area contributed by atoms with Gasteiger partial charge < -0.3 is 20.9 Å². The SMILES string of the molecule is CC(C)C(NC(=O)CCc1ccc[nH]1)C(=O)NC1CCNC(=O)C1=O. The Morgan fingerprint density at radius 2 is 2.08 bits per heavy atom. The average molecular weight is 348 g/mol. The van der Waals surface area contributed by atoms with Gasteiger partial charge in [0.2, 0.25) is 17.6 Å². The smallest absolute Gasteiger partial charge is 0.289 e. The number of carbonyl (C=O) groups excluding carboxylic acids is 4. The fraction of sp³-hybridized carbons (Fsp3) is 0.529. The van der Waals surface area contributed by atoms with E-state index in [-0.39, 0.29) is 18.2 Å². The van der Waals surface area contributed by atoms with E-state index in [2.05, 4.69) is 20.9 Å². The lowest BCUT2D eigenvalue weighted by Gasteiger charge is -2.26. The number of hydrogen-bond donors (Lipinski definition) is 4. The fourth-order valence-corrected chi connectivity index (χ4v) is 2.66. The van der Waals surface area contributed by atoms with E-state index in [0.717, 1.165) is 5.69 Å². The Balaban J connectivity index is 1.90. The molecule has 0 aliphatic carbocycles. The second kappa shape index (κ2) is 8.46. The van der Waals surface area contributed by atoms with Crippen molar-refractivity contribution in [2.75, 3.05) is 6.54 Å². The molecule has 8 nitrogen and oxygen atoms in total. The first-order chi connectivity index (χ1) is 11.9. The van der Waals surface area contributed by atoms with Gasteiger partial charge in [-0.15, -0.1) is 0 Å². The Bertz CT molecular complexity index is 639. The Hall–Kier alpha value is -2.64. The van der Waals surface area contributed by atoms with E-state index in [1.54, 1.807) is 6.20 Å². The van der Waals surface area contributed by atoms with Crippen LogP contribution in [0.5, 0.6) is 0 Å². The van der Waals surface area contributed by atoms with E-state index in [1.807, 2.05) is 26.0 Å². The Morgan fingerprint density at radius 1 is 1.32 bits per heavy atom. The molecule has 0 aromatic carbocycles. The summed E-state index contributed by atoms with van der Waals surface area (Å²) in [5, 5.41) is 7.74. The molecule has 1 aliphatic rings. The molecule has 1 aromatic heterocycles. The molecule has 25 heavy (non-hydrogen) atoms. The van der Waals surface area contributed by atoms with Crippen LogP contribution in [0.1, 0.15) is 32.4 Å². The molecule has 1 saturated heterocycles. The van der Waals surface area contributed by atoms with Gasteiger partial charge in [0, 0.05) is 24.9 Å². The first-order valence-corrected chi connectivity index (χ1v) is 8.42. The maximum atomic E-state index is 12.5. The lowest BCUT2D eigenvalue weighted by Crippen LogP contribution is -2.58. The Kier molecular flexibility index (Phi) is 6.32. The van der Waals surface area contributed by atoms with Gasteiger partial charge in [0.1, 0.15) is 6.04 Å². The molecule has 0 spiro atoms. The van der Waals surface area contributed by atoms with Crippen molar-refractivity contribution in [3.8, 4) is 0 Å². The summed E-state index contributed by atoms with van der Waals surface area (Å²) in [5.41, 5.74) is 0.944. The quantitative estimate of drug-likeness (QED) is 0.504. The highest BCUT2D eigenvalue weighted by Gasteiger charge is 2.33. The minimum Gasteiger partial charge on any atom is -0.365 e. The maximum Gasteiger partial charge on any atom is 0.289 e. The van der Waals surface area contributed by atoms with E-state index in [1.165, 1.54) is 0 Å². The molecule has 2 heterocycles. The summed E-state index contributed by atoms with van der Waals surface area (Å²) in [6.45, 7) is 3.96. The van der Waals surface area contributed by atoms with Gasteiger partial charge in [-0.25, -0.2) is 0 Å². The number of ketones is 1. The molecular formula is C17H24N4O4. The van der Waals surface area contributed by atoms with E-state index in [9.17, 15) is 19.2 Å². The standard InChI is InChI=1S/C17H24N4O4/c1-10(2)14(21-13(22)6-5-11-4-3-8-18-11)16(24)20-12-7-9-19-17(25)15(12)23/h3-4,8,10,12,14,18H,5-7,9H2,1-2H3,(H,19,25)(H,20,24)(H,21,22). The lowest BCUT2D eigenvalue weighted by molar-refractivity contribution is -0.142. The van der Waals surface area contributed by atoms with Crippen LogP contribution in [0, 0.1) is 5.92 Å². The number of H-pyrrole nitrogens is 1. The number of nitrogens with one attached hydrogen (secondary N) is 4. The Labute approximate surface area is 146 Å². The molecule has 1 aromatic rings. The third-order valence-corrected chi connectivity index (χ3v) is 4.12. The third-order valence-electron chi connectivity index (χ3n) is 4.12. The first kappa shape index (κ1) is 18.7. The summed E-state index contributed by atoms with van der Waals surface area (Å²) in [7, 11) is 0. The van der Waals surface area contributed by atoms with Gasteiger partial charge >= 0.3 is 0 Å². The second-order valence-corrected chi connectivity index (χ2v) is 6.45. The van der Waals surface area contributed by atoms with Crippen LogP contribution in [0.15, 0.2) is 18.3 Å². The van der Waals surface area contributed by atoms with Crippen molar-refractivity contribution in [2.45, 2.75) is 45.2 Å². The van der Waals surface area contributed by atoms with Gasteiger partial charge in [0.25, 0.3) is 5.91 Å². The number of amides is 3. The number of hydrogen-bond acceptors (Lipinski definition) is 4. The summed E-state index contributed by atoms with van der Waals surface area (Å²) in [4.78, 5) is 50.8. The lowest BCUT2D eigenvalue weighted by atomic mass is 10.00. The zero-order chi connectivity index (χ0) is 18.4. The zero-order valence-electron chi connectivity index (χ0n) is 14.4. The molecule has 2 rings (SSSR count). The molecule has 1 fully saturated rings. The van der Waals surface area contributed by atoms with Crippen LogP contribution < -0.4 is 16.0 Å². The Morgan fingerprint density at radius 3 is 2.72 bits per heavy atom. The summed E-state index contributed by atoms with van der Waals surface area (Å²) >= 11 is 0. The predicted molar refractivity (Wildman–Crippen MR) is 90.4 cm³/mol. The van der Waals surface area contributed by atoms with Gasteiger partial charge in [-0.3, -0.25) is 19.2 Å². The van der Waals surface area contributed by atoms with Gasteiger partial charge in [0.05, 0.1) is 6.04 Å². The number of carbonyl (C=O) groups is 4. The van der Waals surface area contributed by atoms with Gasteiger partial charge in [-0.2, -0.15) is 0 Å². The molecule has 8 heteroatoms. The van der Waals surface area contributed by atoms with E-state index in [4.69, 9.17) is 0 Å². The highest BCUT2D eigenvalue weighted by Crippen LogP contribution is 2.07. The highest BCUT2D eigenvalue weighted by atomic mass is 16.2. The maximum absolute atomic E-state index is 12.5. The largest absolute Gasteiger partial charge is 0.365 e. The highest BCUT2D eigenvalue weighted by molar-refractivity contribution is 6.39. The molecule has 0 bridgehead atoms. The number of aryl methyl sites for hydroxylation is 1. The number of piperidine rings is 1. The van der Waals surface area contributed by atoms with Crippen LogP contribution in [-0.2, 0) is 25.6 Å². The van der Waals surface area contributed by atoms with Crippen LogP contribution in [0.4, 0.5) is 0 Å². The van der Waals surface area contributed by atoms with Gasteiger partial charge in [-0.1, -0.05) is 13.8 Å².